The van der Waals surface area contributed by atoms with Gasteiger partial charge in [0.25, 0.3) is 0 Å². The van der Waals surface area contributed by atoms with E-state index in [9.17, 15) is 19.2 Å². The zero-order valence-electron chi connectivity index (χ0n) is 21.8. The minimum Gasteiger partial charge on any atom is -0.472 e. The molecule has 0 bridgehead atoms. The molecule has 12 nitrogen and oxygen atoms in total. The summed E-state index contributed by atoms with van der Waals surface area (Å²) in [6.45, 7) is 7.58. The smallest absolute Gasteiger partial charge is 0.412 e. The molecule has 38 heavy (non-hydrogen) atoms. The van der Waals surface area contributed by atoms with E-state index in [1.165, 1.54) is 34.1 Å². The number of amides is 2. The van der Waals surface area contributed by atoms with Crippen molar-refractivity contribution in [1.29, 1.82) is 0 Å². The molecule has 0 aliphatic rings. The van der Waals surface area contributed by atoms with Crippen LogP contribution in [0.4, 0.5) is 9.59 Å². The molecule has 206 valence electrons. The molecule has 0 aromatic heterocycles. The van der Waals surface area contributed by atoms with Gasteiger partial charge in [-0.15, -0.1) is 0 Å². The topological polar surface area (TPSA) is 130 Å². The SMILES string of the molecule is CCOC(=O)N(CC)COc1ccccc1C(=O)OOC(=O)c1ccccc1OCN(CC)C(=O)OCC. The van der Waals surface area contributed by atoms with Gasteiger partial charge in [-0.05, 0) is 52.0 Å². The van der Waals surface area contributed by atoms with Gasteiger partial charge in [-0.2, -0.15) is 0 Å². The van der Waals surface area contributed by atoms with E-state index in [0.29, 0.717) is 13.1 Å². The minimum atomic E-state index is -0.994. The van der Waals surface area contributed by atoms with Crippen molar-refractivity contribution in [1.82, 2.24) is 9.80 Å². The molecule has 0 atom stereocenters. The summed E-state index contributed by atoms with van der Waals surface area (Å²) in [5.41, 5.74) is -0.0597. The molecule has 0 heterocycles. The first-order valence-electron chi connectivity index (χ1n) is 12.1. The third-order valence-electron chi connectivity index (χ3n) is 4.97. The summed E-state index contributed by atoms with van der Waals surface area (Å²) >= 11 is 0. The quantitative estimate of drug-likeness (QED) is 0.222. The molecule has 0 saturated carbocycles. The highest BCUT2D eigenvalue weighted by Crippen LogP contribution is 2.22. The molecule has 0 aliphatic heterocycles. The lowest BCUT2D eigenvalue weighted by atomic mass is 10.2. The Bertz CT molecular complexity index is 1010. The van der Waals surface area contributed by atoms with Crippen molar-refractivity contribution in [2.45, 2.75) is 27.7 Å². The van der Waals surface area contributed by atoms with Crippen molar-refractivity contribution in [3.05, 3.63) is 59.7 Å². The van der Waals surface area contributed by atoms with Crippen molar-refractivity contribution in [3.8, 4) is 11.5 Å². The Labute approximate surface area is 220 Å². The Morgan fingerprint density at radius 1 is 0.605 bits per heavy atom. The highest BCUT2D eigenvalue weighted by atomic mass is 17.2. The van der Waals surface area contributed by atoms with Gasteiger partial charge in [-0.3, -0.25) is 9.80 Å². The van der Waals surface area contributed by atoms with Crippen molar-refractivity contribution in [2.75, 3.05) is 39.8 Å². The van der Waals surface area contributed by atoms with E-state index in [1.807, 2.05) is 0 Å². The normalized spacial score (nSPS) is 10.1. The Morgan fingerprint density at radius 2 is 0.974 bits per heavy atom. The summed E-state index contributed by atoms with van der Waals surface area (Å²) in [5.74, 6) is -1.77. The van der Waals surface area contributed by atoms with Crippen LogP contribution in [0.1, 0.15) is 48.4 Å². The fourth-order valence-electron chi connectivity index (χ4n) is 2.96. The summed E-state index contributed by atoms with van der Waals surface area (Å²) < 4.78 is 21.1. The maximum atomic E-state index is 12.7. The third kappa shape index (κ3) is 8.57. The molecule has 2 aromatic carbocycles. The van der Waals surface area contributed by atoms with Crippen molar-refractivity contribution >= 4 is 24.1 Å². The van der Waals surface area contributed by atoms with Crippen LogP contribution in [-0.2, 0) is 19.2 Å². The number of para-hydroxylation sites is 2. The van der Waals surface area contributed by atoms with Crippen molar-refractivity contribution < 1.29 is 47.9 Å². The Kier molecular flexibility index (Phi) is 12.2. The summed E-state index contributed by atoms with van der Waals surface area (Å²) in [6, 6.07) is 12.2. The number of rotatable bonds is 12. The fourth-order valence-corrected chi connectivity index (χ4v) is 2.96. The molecular weight excluding hydrogens is 500 g/mol. The Hall–Kier alpha value is -4.48. The maximum absolute atomic E-state index is 12.7. The molecule has 2 amide bonds. The Balaban J connectivity index is 2.03. The molecule has 2 aromatic rings. The standard InChI is InChI=1S/C26H32N2O10/c1-5-27(25(31)33-7-3)17-35-21-15-11-9-13-19(21)23(29)37-38-24(30)20-14-10-12-16-22(20)36-18-28(6-2)26(32)34-8-4/h9-16H,5-8,17-18H2,1-4H3. The number of hydrogen-bond acceptors (Lipinski definition) is 10. The number of carbonyl (C=O) groups is 4. The average Bonchev–Trinajstić information content (AvgIpc) is 2.93. The van der Waals surface area contributed by atoms with E-state index in [4.69, 9.17) is 28.7 Å². The monoisotopic (exact) mass is 532 g/mol. The van der Waals surface area contributed by atoms with Crippen LogP contribution in [0.2, 0.25) is 0 Å². The molecule has 2 rings (SSSR count). The predicted octanol–water partition coefficient (Wildman–Crippen LogP) is 4.24. The van der Waals surface area contributed by atoms with E-state index in [-0.39, 0.29) is 49.3 Å². The zero-order valence-corrected chi connectivity index (χ0v) is 21.8. The van der Waals surface area contributed by atoms with Crippen molar-refractivity contribution in [2.24, 2.45) is 0 Å². The molecule has 0 fully saturated rings. The van der Waals surface area contributed by atoms with Crippen LogP contribution in [0.3, 0.4) is 0 Å². The zero-order chi connectivity index (χ0) is 27.9. The van der Waals surface area contributed by atoms with Crippen LogP contribution in [0, 0.1) is 0 Å². The van der Waals surface area contributed by atoms with Crippen molar-refractivity contribution in [3.63, 3.8) is 0 Å². The number of benzene rings is 2. The molecule has 0 aliphatic carbocycles. The van der Waals surface area contributed by atoms with Crippen LogP contribution in [-0.4, -0.2) is 73.7 Å². The first kappa shape index (κ1) is 29.7. The van der Waals surface area contributed by atoms with E-state index in [0.717, 1.165) is 0 Å². The molecule has 0 unspecified atom stereocenters. The molecule has 0 N–H and O–H groups in total. The molecule has 0 saturated heterocycles. The second-order valence-corrected chi connectivity index (χ2v) is 7.39. The van der Waals surface area contributed by atoms with Gasteiger partial charge < -0.3 is 18.9 Å². The van der Waals surface area contributed by atoms with Gasteiger partial charge in [0.2, 0.25) is 0 Å². The van der Waals surface area contributed by atoms with E-state index in [1.54, 1.807) is 52.0 Å². The summed E-state index contributed by atoms with van der Waals surface area (Å²) in [4.78, 5) is 61.3. The van der Waals surface area contributed by atoms with Gasteiger partial charge in [-0.25, -0.2) is 29.0 Å². The molecular formula is C26H32N2O10. The van der Waals surface area contributed by atoms with E-state index in [2.05, 4.69) is 0 Å². The summed E-state index contributed by atoms with van der Waals surface area (Å²) in [5, 5.41) is 0. The van der Waals surface area contributed by atoms with Crippen LogP contribution in [0.15, 0.2) is 48.5 Å². The van der Waals surface area contributed by atoms with Crippen LogP contribution in [0.25, 0.3) is 0 Å². The van der Waals surface area contributed by atoms with E-state index >= 15 is 0 Å². The number of nitrogens with zero attached hydrogens (tertiary/aromatic N) is 2. The second kappa shape index (κ2) is 15.6. The molecule has 0 spiro atoms. The van der Waals surface area contributed by atoms with E-state index < -0.39 is 24.1 Å². The maximum Gasteiger partial charge on any atom is 0.412 e. The first-order chi connectivity index (χ1) is 18.4. The van der Waals surface area contributed by atoms with Crippen LogP contribution in [0.5, 0.6) is 11.5 Å². The highest BCUT2D eigenvalue weighted by Gasteiger charge is 2.22. The number of carbonyl (C=O) groups excluding carboxylic acids is 4. The largest absolute Gasteiger partial charge is 0.472 e. The summed E-state index contributed by atoms with van der Waals surface area (Å²) in [6.07, 6.45) is -1.12. The fraction of sp³-hybridized carbons (Fsp3) is 0.385. The first-order valence-corrected chi connectivity index (χ1v) is 12.1. The average molecular weight is 533 g/mol. The van der Waals surface area contributed by atoms with Gasteiger partial charge in [0.15, 0.2) is 13.5 Å². The Morgan fingerprint density at radius 3 is 1.32 bits per heavy atom. The van der Waals surface area contributed by atoms with Crippen LogP contribution >= 0.6 is 0 Å². The number of hydrogen-bond donors (Lipinski definition) is 0. The molecule has 0 radical (unpaired) electrons. The van der Waals surface area contributed by atoms with Gasteiger partial charge >= 0.3 is 24.1 Å². The highest BCUT2D eigenvalue weighted by molar-refractivity contribution is 5.95. The van der Waals surface area contributed by atoms with Gasteiger partial charge in [0.05, 0.1) is 13.2 Å². The van der Waals surface area contributed by atoms with Crippen LogP contribution < -0.4 is 9.47 Å². The molecule has 12 heteroatoms. The third-order valence-corrected chi connectivity index (χ3v) is 4.97. The lowest BCUT2D eigenvalue weighted by molar-refractivity contribution is -0.187. The second-order valence-electron chi connectivity index (χ2n) is 7.39. The lowest BCUT2D eigenvalue weighted by Crippen LogP contribution is -2.35. The summed E-state index contributed by atoms with van der Waals surface area (Å²) in [7, 11) is 0. The van der Waals surface area contributed by atoms with Gasteiger partial charge in [0, 0.05) is 13.1 Å². The van der Waals surface area contributed by atoms with Gasteiger partial charge in [0.1, 0.15) is 22.6 Å². The number of ether oxygens (including phenoxy) is 4. The minimum absolute atomic E-state index is 0.0298. The van der Waals surface area contributed by atoms with Gasteiger partial charge in [-0.1, -0.05) is 24.3 Å². The predicted molar refractivity (Wildman–Crippen MR) is 134 cm³/mol. The lowest BCUT2D eigenvalue weighted by Gasteiger charge is -2.21.